The average molecular weight is 300 g/mol. The molecule has 2 N–H and O–H groups in total. The zero-order valence-corrected chi connectivity index (χ0v) is 13.3. The van der Waals surface area contributed by atoms with Crippen LogP contribution in [0.2, 0.25) is 0 Å². The van der Waals surface area contributed by atoms with Gasteiger partial charge in [0, 0.05) is 25.2 Å². The number of rotatable bonds is 9. The topological polar surface area (TPSA) is 40.2 Å². The Balaban J connectivity index is 2.54. The summed E-state index contributed by atoms with van der Waals surface area (Å²) in [6.07, 6.45) is 1.72. The zero-order valence-electron chi connectivity index (χ0n) is 13.3. The van der Waals surface area contributed by atoms with Crippen LogP contribution < -0.4 is 10.6 Å². The maximum atomic E-state index is 13.7. The van der Waals surface area contributed by atoms with Crippen LogP contribution in [-0.2, 0) is 0 Å². The number of nitrogens with zero attached hydrogens (tertiary/aromatic N) is 2. The molecule has 0 spiro atoms. The van der Waals surface area contributed by atoms with E-state index in [4.69, 9.17) is 0 Å². The summed E-state index contributed by atoms with van der Waals surface area (Å²) in [5.74, 6) is -1.12. The minimum absolute atomic E-state index is 0.0973. The van der Waals surface area contributed by atoms with Crippen LogP contribution in [0.3, 0.4) is 0 Å². The highest BCUT2D eigenvalue weighted by Gasteiger charge is 2.11. The molecule has 1 rings (SSSR count). The minimum Gasteiger partial charge on any atom is -0.368 e. The van der Waals surface area contributed by atoms with E-state index in [-0.39, 0.29) is 11.6 Å². The van der Waals surface area contributed by atoms with Gasteiger partial charge >= 0.3 is 0 Å². The molecule has 1 aromatic heterocycles. The molecule has 21 heavy (non-hydrogen) atoms. The molecule has 120 valence electrons. The second-order valence-electron chi connectivity index (χ2n) is 5.43. The van der Waals surface area contributed by atoms with E-state index < -0.39 is 11.6 Å². The number of nitrogens with one attached hydrogen (secondary N) is 2. The quantitative estimate of drug-likeness (QED) is 0.686. The first kappa shape index (κ1) is 17.6. The maximum Gasteiger partial charge on any atom is 0.168 e. The van der Waals surface area contributed by atoms with Gasteiger partial charge in [0.15, 0.2) is 23.3 Å². The molecule has 0 aliphatic heterocycles. The lowest BCUT2D eigenvalue weighted by Crippen LogP contribution is -2.28. The molecular formula is C15H26F2N4. The minimum atomic E-state index is -0.661. The van der Waals surface area contributed by atoms with Gasteiger partial charge in [0.2, 0.25) is 0 Å². The van der Waals surface area contributed by atoms with Crippen LogP contribution in [0, 0.1) is 11.6 Å². The second kappa shape index (κ2) is 8.77. The van der Waals surface area contributed by atoms with Crippen LogP contribution in [0.15, 0.2) is 6.07 Å². The van der Waals surface area contributed by atoms with E-state index in [1.807, 2.05) is 14.0 Å². The Labute approximate surface area is 125 Å². The molecule has 0 saturated heterocycles. The zero-order chi connectivity index (χ0) is 15.8. The summed E-state index contributed by atoms with van der Waals surface area (Å²) >= 11 is 0. The van der Waals surface area contributed by atoms with Crippen molar-refractivity contribution in [2.24, 2.45) is 0 Å². The highest BCUT2D eigenvalue weighted by Crippen LogP contribution is 2.19. The van der Waals surface area contributed by atoms with Crippen molar-refractivity contribution in [3.05, 3.63) is 17.7 Å². The Bertz CT molecular complexity index is 438. The lowest BCUT2D eigenvalue weighted by Gasteiger charge is -2.20. The summed E-state index contributed by atoms with van der Waals surface area (Å²) < 4.78 is 27.2. The van der Waals surface area contributed by atoms with Crippen molar-refractivity contribution in [1.29, 1.82) is 0 Å². The van der Waals surface area contributed by atoms with E-state index >= 15 is 0 Å². The molecule has 0 bridgehead atoms. The normalized spacial score (nSPS) is 11.2. The molecule has 0 fully saturated rings. The van der Waals surface area contributed by atoms with Crippen molar-refractivity contribution in [2.45, 2.75) is 39.7 Å². The van der Waals surface area contributed by atoms with E-state index in [0.29, 0.717) is 19.1 Å². The van der Waals surface area contributed by atoms with Gasteiger partial charge in [-0.1, -0.05) is 6.92 Å². The third-order valence-electron chi connectivity index (χ3n) is 3.33. The second-order valence-corrected chi connectivity index (χ2v) is 5.43. The number of halogens is 2. The smallest absolute Gasteiger partial charge is 0.168 e. The predicted molar refractivity (Wildman–Crippen MR) is 83.8 cm³/mol. The highest BCUT2D eigenvalue weighted by molar-refractivity contribution is 5.47. The molecule has 4 nitrogen and oxygen atoms in total. The first-order chi connectivity index (χ1) is 9.95. The van der Waals surface area contributed by atoms with Crippen molar-refractivity contribution in [3.8, 4) is 0 Å². The Kier molecular flexibility index (Phi) is 7.36. The predicted octanol–water partition coefficient (Wildman–Crippen LogP) is 3.32. The van der Waals surface area contributed by atoms with Crippen LogP contribution >= 0.6 is 0 Å². The van der Waals surface area contributed by atoms with Crippen LogP contribution in [0.5, 0.6) is 0 Å². The van der Waals surface area contributed by atoms with Gasteiger partial charge in [0.25, 0.3) is 0 Å². The molecule has 0 atom stereocenters. The van der Waals surface area contributed by atoms with Crippen LogP contribution in [0.4, 0.5) is 20.4 Å². The van der Waals surface area contributed by atoms with Crippen molar-refractivity contribution < 1.29 is 8.78 Å². The highest BCUT2D eigenvalue weighted by atomic mass is 19.1. The van der Waals surface area contributed by atoms with Gasteiger partial charge < -0.3 is 15.5 Å². The lowest BCUT2D eigenvalue weighted by molar-refractivity contribution is 0.273. The standard InChI is InChI=1S/C15H26F2N4/c1-5-7-18-14-12(16)10-13(17)15(20-14)19-8-6-9-21(4)11(2)3/h10-11H,5-9H2,1-4H3,(H2,18,19,20). The van der Waals surface area contributed by atoms with Crippen LogP contribution in [0.25, 0.3) is 0 Å². The molecule has 0 amide bonds. The van der Waals surface area contributed by atoms with Gasteiger partial charge in [-0.25, -0.2) is 13.8 Å². The number of hydrogen-bond donors (Lipinski definition) is 2. The Morgan fingerprint density at radius 1 is 1.14 bits per heavy atom. The van der Waals surface area contributed by atoms with Crippen molar-refractivity contribution in [1.82, 2.24) is 9.88 Å². The summed E-state index contributed by atoms with van der Waals surface area (Å²) in [6, 6.07) is 1.35. The Morgan fingerprint density at radius 2 is 1.71 bits per heavy atom. The lowest BCUT2D eigenvalue weighted by atomic mass is 10.3. The van der Waals surface area contributed by atoms with Gasteiger partial charge in [-0.15, -0.1) is 0 Å². The first-order valence-corrected chi connectivity index (χ1v) is 7.49. The van der Waals surface area contributed by atoms with Crippen molar-refractivity contribution >= 4 is 11.6 Å². The SMILES string of the molecule is CCCNc1nc(NCCCN(C)C(C)C)c(F)cc1F. The van der Waals surface area contributed by atoms with E-state index in [1.165, 1.54) is 0 Å². The molecule has 6 heteroatoms. The number of aromatic nitrogens is 1. The fraction of sp³-hybridized carbons (Fsp3) is 0.667. The molecule has 1 aromatic rings. The largest absolute Gasteiger partial charge is 0.368 e. The summed E-state index contributed by atoms with van der Waals surface area (Å²) in [6.45, 7) is 8.34. The molecular weight excluding hydrogens is 274 g/mol. The molecule has 0 aliphatic carbocycles. The monoisotopic (exact) mass is 300 g/mol. The summed E-state index contributed by atoms with van der Waals surface area (Å²) in [7, 11) is 2.05. The van der Waals surface area contributed by atoms with E-state index in [0.717, 1.165) is 25.5 Å². The third-order valence-corrected chi connectivity index (χ3v) is 3.33. The van der Waals surface area contributed by atoms with Gasteiger partial charge in [0.1, 0.15) is 0 Å². The van der Waals surface area contributed by atoms with Gasteiger partial charge in [-0.05, 0) is 40.3 Å². The average Bonchev–Trinajstić information content (AvgIpc) is 2.43. The summed E-state index contributed by atoms with van der Waals surface area (Å²) in [5, 5.41) is 5.78. The van der Waals surface area contributed by atoms with Crippen molar-refractivity contribution in [3.63, 3.8) is 0 Å². The molecule has 1 heterocycles. The van der Waals surface area contributed by atoms with Crippen LogP contribution in [0.1, 0.15) is 33.6 Å². The molecule has 0 unspecified atom stereocenters. The summed E-state index contributed by atoms with van der Waals surface area (Å²) in [5.41, 5.74) is 0. The molecule has 0 saturated carbocycles. The molecule has 0 aliphatic rings. The fourth-order valence-electron chi connectivity index (χ4n) is 1.75. The maximum absolute atomic E-state index is 13.7. The first-order valence-electron chi connectivity index (χ1n) is 7.49. The van der Waals surface area contributed by atoms with Crippen LogP contribution in [-0.4, -0.2) is 42.6 Å². The fourth-order valence-corrected chi connectivity index (χ4v) is 1.75. The Morgan fingerprint density at radius 3 is 2.24 bits per heavy atom. The van der Waals surface area contributed by atoms with Gasteiger partial charge in [-0.2, -0.15) is 0 Å². The summed E-state index contributed by atoms with van der Waals surface area (Å²) in [4.78, 5) is 6.19. The number of anilines is 2. The van der Waals surface area contributed by atoms with Crippen molar-refractivity contribution in [2.75, 3.05) is 37.3 Å². The van der Waals surface area contributed by atoms with E-state index in [2.05, 4.69) is 34.4 Å². The molecule has 0 aromatic carbocycles. The Hall–Kier alpha value is -1.43. The van der Waals surface area contributed by atoms with Gasteiger partial charge in [0.05, 0.1) is 0 Å². The number of hydrogen-bond acceptors (Lipinski definition) is 4. The van der Waals surface area contributed by atoms with E-state index in [1.54, 1.807) is 0 Å². The van der Waals surface area contributed by atoms with Gasteiger partial charge in [-0.3, -0.25) is 0 Å². The molecule has 0 radical (unpaired) electrons. The van der Waals surface area contributed by atoms with E-state index in [9.17, 15) is 8.78 Å². The number of pyridine rings is 1. The third kappa shape index (κ3) is 5.83.